The Morgan fingerprint density at radius 2 is 1.12 bits per heavy atom. The Morgan fingerprint density at radius 3 is 1.74 bits per heavy atom. The van der Waals surface area contributed by atoms with Crippen LogP contribution in [0.25, 0.3) is 58.5 Å². The zero-order valence-corrected chi connectivity index (χ0v) is 28.0. The van der Waals surface area contributed by atoms with Gasteiger partial charge in [0.2, 0.25) is 0 Å². The van der Waals surface area contributed by atoms with E-state index in [0.717, 1.165) is 34.8 Å². The number of thiophene rings is 7. The number of aromatic carboxylic acids is 1. The SMILES string of the molecule is Cc1cc(-c2ccc(-c3cccs3)s2)sc1-c1ccc(-c2sc(-c3ccc(-c4ccc(C(=O)O)s4)s3)cc2CC(=O)O)s1. The van der Waals surface area contributed by atoms with Crippen molar-refractivity contribution in [2.75, 3.05) is 0 Å². The molecule has 0 amide bonds. The monoisotopic (exact) mass is 692 g/mol. The molecule has 7 aromatic rings. The van der Waals surface area contributed by atoms with Gasteiger partial charge in [-0.05, 0) is 90.2 Å². The molecule has 0 unspecified atom stereocenters. The maximum atomic E-state index is 11.8. The van der Waals surface area contributed by atoms with Crippen molar-refractivity contribution in [3.63, 3.8) is 0 Å². The minimum atomic E-state index is -0.923. The first-order chi connectivity index (χ1) is 20.8. The van der Waals surface area contributed by atoms with E-state index in [1.807, 2.05) is 35.6 Å². The predicted octanol–water partition coefficient (Wildman–Crippen LogP) is 11.8. The van der Waals surface area contributed by atoms with E-state index in [2.05, 4.69) is 54.8 Å². The van der Waals surface area contributed by atoms with Crippen LogP contribution in [0.2, 0.25) is 0 Å². The number of hydrogen-bond acceptors (Lipinski definition) is 9. The molecule has 0 spiro atoms. The standard InChI is InChI=1S/C32H20O4S7/c1-16-13-27(22-6-4-19(38-22)18-3-2-12-37-18)42-30(16)24-9-10-25(41-24)31-17(15-29(33)34)14-28(43-31)23-7-5-20(39-23)21-8-11-26(40-21)32(35)36/h2-14H,15H2,1H3,(H,33,34)(H,35,36). The molecule has 7 heterocycles. The fourth-order valence-corrected chi connectivity index (χ4v) is 12.3. The van der Waals surface area contributed by atoms with Gasteiger partial charge in [0, 0.05) is 58.5 Å². The molecule has 0 atom stereocenters. The molecule has 0 aliphatic rings. The van der Waals surface area contributed by atoms with E-state index in [1.54, 1.807) is 62.8 Å². The lowest BCUT2D eigenvalue weighted by Gasteiger charge is -1.98. The number of aryl methyl sites for hydroxylation is 1. The molecule has 0 saturated carbocycles. The third kappa shape index (κ3) is 5.74. The van der Waals surface area contributed by atoms with Crippen molar-refractivity contribution in [1.82, 2.24) is 0 Å². The first-order valence-electron chi connectivity index (χ1n) is 13.0. The molecule has 0 aliphatic heterocycles. The smallest absolute Gasteiger partial charge is 0.345 e. The van der Waals surface area contributed by atoms with Crippen LogP contribution in [-0.4, -0.2) is 22.2 Å². The highest BCUT2D eigenvalue weighted by molar-refractivity contribution is 7.31. The molecule has 0 aromatic carbocycles. The number of carboxylic acid groups (broad SMARTS) is 2. The molecule has 0 radical (unpaired) electrons. The van der Waals surface area contributed by atoms with Crippen LogP contribution in [0.4, 0.5) is 0 Å². The lowest BCUT2D eigenvalue weighted by atomic mass is 10.1. The average Bonchev–Trinajstić information content (AvgIpc) is 3.82. The van der Waals surface area contributed by atoms with Gasteiger partial charge in [0.15, 0.2) is 0 Å². The van der Waals surface area contributed by atoms with E-state index in [-0.39, 0.29) is 6.42 Å². The van der Waals surface area contributed by atoms with Gasteiger partial charge >= 0.3 is 11.9 Å². The number of carbonyl (C=O) groups is 2. The average molecular weight is 693 g/mol. The summed E-state index contributed by atoms with van der Waals surface area (Å²) < 4.78 is 0. The summed E-state index contributed by atoms with van der Waals surface area (Å²) in [6, 6.07) is 24.7. The first-order valence-corrected chi connectivity index (χ1v) is 18.7. The lowest BCUT2D eigenvalue weighted by Crippen LogP contribution is -1.99. The lowest BCUT2D eigenvalue weighted by molar-refractivity contribution is -0.136. The van der Waals surface area contributed by atoms with E-state index >= 15 is 0 Å². The van der Waals surface area contributed by atoms with E-state index in [0.29, 0.717) is 4.88 Å². The van der Waals surface area contributed by atoms with Crippen LogP contribution in [0.15, 0.2) is 78.2 Å². The Labute approximate surface area is 275 Å². The van der Waals surface area contributed by atoms with Crippen molar-refractivity contribution in [3.8, 4) is 58.5 Å². The third-order valence-electron chi connectivity index (χ3n) is 6.64. The van der Waals surface area contributed by atoms with Crippen LogP contribution in [0.3, 0.4) is 0 Å². The minimum absolute atomic E-state index is 0.0443. The summed E-state index contributed by atoms with van der Waals surface area (Å²) in [5.41, 5.74) is 2.05. The summed E-state index contributed by atoms with van der Waals surface area (Å²) >= 11 is 11.6. The zero-order valence-electron chi connectivity index (χ0n) is 22.3. The van der Waals surface area contributed by atoms with Crippen LogP contribution < -0.4 is 0 Å². The Balaban J connectivity index is 1.19. The topological polar surface area (TPSA) is 74.6 Å². The van der Waals surface area contributed by atoms with Crippen molar-refractivity contribution < 1.29 is 19.8 Å². The van der Waals surface area contributed by atoms with E-state index in [9.17, 15) is 19.8 Å². The number of hydrogen-bond donors (Lipinski definition) is 2. The number of aliphatic carboxylic acids is 1. The van der Waals surface area contributed by atoms with Crippen molar-refractivity contribution in [3.05, 3.63) is 94.2 Å². The quantitative estimate of drug-likeness (QED) is 0.158. The summed E-state index contributed by atoms with van der Waals surface area (Å²) in [6.07, 6.45) is -0.0443. The van der Waals surface area contributed by atoms with Crippen LogP contribution in [-0.2, 0) is 11.2 Å². The molecule has 0 fully saturated rings. The molecule has 0 bridgehead atoms. The summed E-state index contributed by atoms with van der Waals surface area (Å²) in [5, 5.41) is 21.1. The number of rotatable bonds is 9. The van der Waals surface area contributed by atoms with Gasteiger partial charge in [0.05, 0.1) is 6.42 Å². The highest BCUT2D eigenvalue weighted by Crippen LogP contribution is 2.49. The van der Waals surface area contributed by atoms with Crippen molar-refractivity contribution in [1.29, 1.82) is 0 Å². The largest absolute Gasteiger partial charge is 0.481 e. The van der Waals surface area contributed by atoms with Crippen LogP contribution >= 0.6 is 79.4 Å². The molecule has 4 nitrogen and oxygen atoms in total. The molecule has 214 valence electrons. The Hall–Kier alpha value is -3.16. The predicted molar refractivity (Wildman–Crippen MR) is 187 cm³/mol. The Bertz CT molecular complexity index is 2090. The molecule has 7 rings (SSSR count). The van der Waals surface area contributed by atoms with Crippen LogP contribution in [0, 0.1) is 6.92 Å². The van der Waals surface area contributed by atoms with Gasteiger partial charge in [0.25, 0.3) is 0 Å². The van der Waals surface area contributed by atoms with Crippen LogP contribution in [0.1, 0.15) is 20.8 Å². The summed E-state index contributed by atoms with van der Waals surface area (Å²) in [6.45, 7) is 2.16. The van der Waals surface area contributed by atoms with Gasteiger partial charge in [0.1, 0.15) is 4.88 Å². The van der Waals surface area contributed by atoms with E-state index < -0.39 is 11.9 Å². The molecular weight excluding hydrogens is 673 g/mol. The highest BCUT2D eigenvalue weighted by atomic mass is 32.1. The molecule has 0 aliphatic carbocycles. The van der Waals surface area contributed by atoms with Gasteiger partial charge in [-0.2, -0.15) is 0 Å². The van der Waals surface area contributed by atoms with E-state index in [1.165, 1.54) is 46.2 Å². The fourth-order valence-electron chi connectivity index (χ4n) is 4.69. The van der Waals surface area contributed by atoms with Crippen LogP contribution in [0.5, 0.6) is 0 Å². The van der Waals surface area contributed by atoms with Crippen molar-refractivity contribution in [2.45, 2.75) is 13.3 Å². The normalized spacial score (nSPS) is 11.4. The van der Waals surface area contributed by atoms with Crippen molar-refractivity contribution in [2.24, 2.45) is 0 Å². The van der Waals surface area contributed by atoms with Gasteiger partial charge in [-0.1, -0.05) is 6.07 Å². The zero-order chi connectivity index (χ0) is 29.7. The molecule has 2 N–H and O–H groups in total. The van der Waals surface area contributed by atoms with Gasteiger partial charge < -0.3 is 10.2 Å². The molecule has 11 heteroatoms. The highest BCUT2D eigenvalue weighted by Gasteiger charge is 2.20. The first kappa shape index (κ1) is 28.6. The summed E-state index contributed by atoms with van der Waals surface area (Å²) in [4.78, 5) is 37.0. The summed E-state index contributed by atoms with van der Waals surface area (Å²) in [5.74, 6) is -1.78. The maximum Gasteiger partial charge on any atom is 0.345 e. The second-order valence-corrected chi connectivity index (χ2v) is 17.0. The third-order valence-corrected chi connectivity index (χ3v) is 15.4. The maximum absolute atomic E-state index is 11.8. The molecule has 43 heavy (non-hydrogen) atoms. The molecular formula is C32H20O4S7. The molecule has 7 aromatic heterocycles. The van der Waals surface area contributed by atoms with Gasteiger partial charge in [-0.3, -0.25) is 4.79 Å². The fraction of sp³-hybridized carbons (Fsp3) is 0.0625. The number of carboxylic acids is 2. The van der Waals surface area contributed by atoms with Crippen molar-refractivity contribution >= 4 is 91.3 Å². The Kier molecular flexibility index (Phi) is 7.81. The van der Waals surface area contributed by atoms with Gasteiger partial charge in [-0.15, -0.1) is 79.4 Å². The molecule has 0 saturated heterocycles. The summed E-state index contributed by atoms with van der Waals surface area (Å²) in [7, 11) is 0. The second-order valence-electron chi connectivity index (χ2n) is 9.60. The van der Waals surface area contributed by atoms with E-state index in [4.69, 9.17) is 0 Å². The van der Waals surface area contributed by atoms with Gasteiger partial charge in [-0.25, -0.2) is 4.79 Å². The second kappa shape index (κ2) is 11.7. The Morgan fingerprint density at radius 1 is 0.581 bits per heavy atom. The minimum Gasteiger partial charge on any atom is -0.481 e.